The molecule has 0 fully saturated rings. The molecule has 0 saturated carbocycles. The Bertz CT molecular complexity index is 407. The average molecular weight is 316 g/mol. The van der Waals surface area contributed by atoms with E-state index in [0.29, 0.717) is 22.7 Å². The third-order valence-corrected chi connectivity index (χ3v) is 2.96. The van der Waals surface area contributed by atoms with E-state index in [1.54, 1.807) is 12.1 Å². The molecule has 0 heterocycles. The lowest BCUT2D eigenvalue weighted by atomic mass is 10.2. The molecule has 4 nitrogen and oxygen atoms in total. The first kappa shape index (κ1) is 14.8. The van der Waals surface area contributed by atoms with E-state index >= 15 is 0 Å². The normalized spacial score (nSPS) is 11.9. The SMILES string of the molecule is COc1ccc(C(=O)NCCCC(C)Br)cc1O. The Morgan fingerprint density at radius 3 is 2.83 bits per heavy atom. The average Bonchev–Trinajstić information content (AvgIpc) is 2.34. The molecule has 0 aromatic heterocycles. The molecule has 0 aliphatic carbocycles. The number of halogens is 1. The van der Waals surface area contributed by atoms with E-state index in [9.17, 15) is 9.90 Å². The fourth-order valence-corrected chi connectivity index (χ4v) is 1.84. The highest BCUT2D eigenvalue weighted by molar-refractivity contribution is 9.09. The Kier molecular flexibility index (Phi) is 5.98. The number of hydrogen-bond acceptors (Lipinski definition) is 3. The molecule has 1 atom stereocenters. The van der Waals surface area contributed by atoms with Gasteiger partial charge < -0.3 is 15.2 Å². The quantitative estimate of drug-likeness (QED) is 0.627. The van der Waals surface area contributed by atoms with E-state index in [4.69, 9.17) is 4.74 Å². The van der Waals surface area contributed by atoms with Crippen molar-refractivity contribution in [1.29, 1.82) is 0 Å². The maximum Gasteiger partial charge on any atom is 0.251 e. The highest BCUT2D eigenvalue weighted by atomic mass is 79.9. The first-order chi connectivity index (χ1) is 8.54. The third kappa shape index (κ3) is 4.56. The highest BCUT2D eigenvalue weighted by Gasteiger charge is 2.09. The molecule has 1 unspecified atom stereocenters. The van der Waals surface area contributed by atoms with Gasteiger partial charge in [-0.05, 0) is 31.0 Å². The zero-order chi connectivity index (χ0) is 13.5. The van der Waals surface area contributed by atoms with Gasteiger partial charge in [-0.3, -0.25) is 4.79 Å². The fourth-order valence-electron chi connectivity index (χ4n) is 1.52. The van der Waals surface area contributed by atoms with Crippen LogP contribution in [0.5, 0.6) is 11.5 Å². The van der Waals surface area contributed by atoms with Gasteiger partial charge in [0.2, 0.25) is 0 Å². The molecular weight excluding hydrogens is 298 g/mol. The number of carbonyl (C=O) groups excluding carboxylic acids is 1. The number of carbonyl (C=O) groups is 1. The molecule has 100 valence electrons. The maximum absolute atomic E-state index is 11.8. The van der Waals surface area contributed by atoms with Crippen LogP contribution in [0, 0.1) is 0 Å². The summed E-state index contributed by atoms with van der Waals surface area (Å²) >= 11 is 3.45. The summed E-state index contributed by atoms with van der Waals surface area (Å²) in [4.78, 5) is 12.2. The number of benzene rings is 1. The van der Waals surface area contributed by atoms with Crippen molar-refractivity contribution in [3.05, 3.63) is 23.8 Å². The smallest absolute Gasteiger partial charge is 0.251 e. The molecule has 0 radical (unpaired) electrons. The number of phenolic OH excluding ortho intramolecular Hbond substituents is 1. The fraction of sp³-hybridized carbons (Fsp3) is 0.462. The predicted octanol–water partition coefficient (Wildman–Crippen LogP) is 2.69. The van der Waals surface area contributed by atoms with Crippen LogP contribution in [0.3, 0.4) is 0 Å². The van der Waals surface area contributed by atoms with Crippen LogP contribution in [0.25, 0.3) is 0 Å². The summed E-state index contributed by atoms with van der Waals surface area (Å²) in [6, 6.07) is 4.60. The van der Waals surface area contributed by atoms with E-state index in [-0.39, 0.29) is 11.7 Å². The topological polar surface area (TPSA) is 58.6 Å². The van der Waals surface area contributed by atoms with Crippen molar-refractivity contribution in [3.63, 3.8) is 0 Å². The molecule has 5 heteroatoms. The van der Waals surface area contributed by atoms with Gasteiger partial charge in [-0.15, -0.1) is 0 Å². The molecule has 0 saturated heterocycles. The number of amides is 1. The molecule has 0 bridgehead atoms. The Morgan fingerprint density at radius 1 is 1.56 bits per heavy atom. The van der Waals surface area contributed by atoms with Crippen molar-refractivity contribution < 1.29 is 14.6 Å². The Morgan fingerprint density at radius 2 is 2.28 bits per heavy atom. The molecule has 0 aliphatic rings. The van der Waals surface area contributed by atoms with Gasteiger partial charge in [0.1, 0.15) is 0 Å². The van der Waals surface area contributed by atoms with Crippen LogP contribution >= 0.6 is 15.9 Å². The molecule has 1 rings (SSSR count). The Labute approximate surface area is 115 Å². The number of phenols is 1. The summed E-state index contributed by atoms with van der Waals surface area (Å²) < 4.78 is 4.92. The lowest BCUT2D eigenvalue weighted by Crippen LogP contribution is -2.24. The second-order valence-electron chi connectivity index (χ2n) is 4.07. The summed E-state index contributed by atoms with van der Waals surface area (Å²) in [6.07, 6.45) is 1.93. The number of rotatable bonds is 6. The van der Waals surface area contributed by atoms with Crippen molar-refractivity contribution in [2.75, 3.05) is 13.7 Å². The monoisotopic (exact) mass is 315 g/mol. The van der Waals surface area contributed by atoms with Crippen LogP contribution in [0.1, 0.15) is 30.1 Å². The summed E-state index contributed by atoms with van der Waals surface area (Å²) in [7, 11) is 1.47. The van der Waals surface area contributed by atoms with Crippen molar-refractivity contribution in [1.82, 2.24) is 5.32 Å². The summed E-state index contributed by atoms with van der Waals surface area (Å²) in [5.74, 6) is 0.147. The standard InChI is InChI=1S/C13H18BrNO3/c1-9(14)4-3-7-15-13(17)10-5-6-12(18-2)11(16)8-10/h5-6,8-9,16H,3-4,7H2,1-2H3,(H,15,17). The predicted molar refractivity (Wildman–Crippen MR) is 74.6 cm³/mol. The van der Waals surface area contributed by atoms with Crippen molar-refractivity contribution in [2.45, 2.75) is 24.6 Å². The van der Waals surface area contributed by atoms with Gasteiger partial charge in [0, 0.05) is 16.9 Å². The van der Waals surface area contributed by atoms with Gasteiger partial charge in [0.05, 0.1) is 7.11 Å². The largest absolute Gasteiger partial charge is 0.504 e. The molecule has 1 aromatic carbocycles. The van der Waals surface area contributed by atoms with Crippen LogP contribution in [-0.4, -0.2) is 29.5 Å². The molecule has 0 spiro atoms. The van der Waals surface area contributed by atoms with E-state index in [1.807, 2.05) is 0 Å². The van der Waals surface area contributed by atoms with Gasteiger partial charge in [-0.1, -0.05) is 22.9 Å². The minimum absolute atomic E-state index is 0.0285. The van der Waals surface area contributed by atoms with Crippen molar-refractivity contribution >= 4 is 21.8 Å². The van der Waals surface area contributed by atoms with Crippen molar-refractivity contribution in [3.8, 4) is 11.5 Å². The van der Waals surface area contributed by atoms with Crippen LogP contribution in [0.2, 0.25) is 0 Å². The maximum atomic E-state index is 11.8. The van der Waals surface area contributed by atoms with E-state index < -0.39 is 0 Å². The summed E-state index contributed by atoms with van der Waals surface area (Å²) in [5.41, 5.74) is 0.431. The van der Waals surface area contributed by atoms with Crippen LogP contribution < -0.4 is 10.1 Å². The number of methoxy groups -OCH3 is 1. The summed E-state index contributed by atoms with van der Waals surface area (Å²) in [5, 5.41) is 12.4. The molecule has 2 N–H and O–H groups in total. The van der Waals surface area contributed by atoms with E-state index in [0.717, 1.165) is 12.8 Å². The molecule has 1 aromatic rings. The number of ether oxygens (including phenoxy) is 1. The minimum atomic E-state index is -0.185. The second kappa shape index (κ2) is 7.26. The lowest BCUT2D eigenvalue weighted by Gasteiger charge is -2.08. The van der Waals surface area contributed by atoms with Gasteiger partial charge in [0.25, 0.3) is 5.91 Å². The molecule has 18 heavy (non-hydrogen) atoms. The van der Waals surface area contributed by atoms with Gasteiger partial charge in [-0.2, -0.15) is 0 Å². The Hall–Kier alpha value is -1.23. The highest BCUT2D eigenvalue weighted by Crippen LogP contribution is 2.26. The molecular formula is C13H18BrNO3. The first-order valence-corrected chi connectivity index (χ1v) is 6.75. The zero-order valence-corrected chi connectivity index (χ0v) is 12.2. The van der Waals surface area contributed by atoms with E-state index in [2.05, 4.69) is 28.2 Å². The van der Waals surface area contributed by atoms with Crippen LogP contribution in [0.15, 0.2) is 18.2 Å². The van der Waals surface area contributed by atoms with Gasteiger partial charge >= 0.3 is 0 Å². The minimum Gasteiger partial charge on any atom is -0.504 e. The number of nitrogens with one attached hydrogen (secondary N) is 1. The Balaban J connectivity index is 2.49. The second-order valence-corrected chi connectivity index (χ2v) is 5.63. The molecule has 0 aliphatic heterocycles. The summed E-state index contributed by atoms with van der Waals surface area (Å²) in [6.45, 7) is 2.70. The zero-order valence-electron chi connectivity index (χ0n) is 10.6. The number of alkyl halides is 1. The van der Waals surface area contributed by atoms with E-state index in [1.165, 1.54) is 13.2 Å². The van der Waals surface area contributed by atoms with Crippen molar-refractivity contribution in [2.24, 2.45) is 0 Å². The first-order valence-electron chi connectivity index (χ1n) is 5.84. The van der Waals surface area contributed by atoms with Crippen LogP contribution in [0.4, 0.5) is 0 Å². The number of aromatic hydroxyl groups is 1. The molecule has 1 amide bonds. The van der Waals surface area contributed by atoms with Gasteiger partial charge in [-0.25, -0.2) is 0 Å². The lowest BCUT2D eigenvalue weighted by molar-refractivity contribution is 0.0952. The van der Waals surface area contributed by atoms with Gasteiger partial charge in [0.15, 0.2) is 11.5 Å². The third-order valence-electron chi connectivity index (χ3n) is 2.51. The number of hydrogen-bond donors (Lipinski definition) is 2. The van der Waals surface area contributed by atoms with Crippen LogP contribution in [-0.2, 0) is 0 Å².